The fourth-order valence-electron chi connectivity index (χ4n) is 1.94. The van der Waals surface area contributed by atoms with E-state index in [0.29, 0.717) is 22.8 Å². The van der Waals surface area contributed by atoms with Gasteiger partial charge in [-0.3, -0.25) is 14.5 Å². The summed E-state index contributed by atoms with van der Waals surface area (Å²) in [6.45, 7) is 0.237. The number of imide groups is 1. The minimum absolute atomic E-state index is 0.0202. The van der Waals surface area contributed by atoms with Crippen LogP contribution in [0.15, 0.2) is 18.2 Å². The molecule has 0 saturated carbocycles. The third-order valence-electron chi connectivity index (χ3n) is 3.01. The second kappa shape index (κ2) is 6.45. The van der Waals surface area contributed by atoms with Crippen LogP contribution in [-0.2, 0) is 9.59 Å². The molecule has 8 heteroatoms. The van der Waals surface area contributed by atoms with Crippen molar-refractivity contribution in [1.82, 2.24) is 10.2 Å². The monoisotopic (exact) mass is 310 g/mol. The number of carbonyl (C=O) groups excluding carboxylic acids is 3. The standard InChI is InChI=1S/C13H15ClN4O3/c14-8-3-4-10(9(15)6-8)17-11(19)2-1-5-18-12(20)7-16-13(18)21/h3-4,6H,1-2,5,7,15H2,(H,16,21)(H,17,19). The van der Waals surface area contributed by atoms with Gasteiger partial charge in [0.25, 0.3) is 0 Å². The van der Waals surface area contributed by atoms with Crippen LogP contribution in [0.1, 0.15) is 12.8 Å². The van der Waals surface area contributed by atoms with Gasteiger partial charge >= 0.3 is 6.03 Å². The van der Waals surface area contributed by atoms with Crippen LogP contribution < -0.4 is 16.4 Å². The average molecular weight is 311 g/mol. The highest BCUT2D eigenvalue weighted by Crippen LogP contribution is 2.22. The second-order valence-corrected chi connectivity index (χ2v) is 5.02. The molecule has 1 aromatic carbocycles. The quantitative estimate of drug-likeness (QED) is 0.561. The number of amides is 4. The Morgan fingerprint density at radius 1 is 1.43 bits per heavy atom. The van der Waals surface area contributed by atoms with Gasteiger partial charge in [0.05, 0.1) is 17.9 Å². The van der Waals surface area contributed by atoms with E-state index in [1.165, 1.54) is 0 Å². The van der Waals surface area contributed by atoms with Gasteiger partial charge in [0.15, 0.2) is 0 Å². The number of nitrogens with two attached hydrogens (primary N) is 1. The van der Waals surface area contributed by atoms with Gasteiger partial charge in [0.2, 0.25) is 11.8 Å². The van der Waals surface area contributed by atoms with Crippen LogP contribution >= 0.6 is 11.6 Å². The third kappa shape index (κ3) is 3.85. The zero-order valence-corrected chi connectivity index (χ0v) is 11.9. The number of nitrogens with one attached hydrogen (secondary N) is 2. The Morgan fingerprint density at radius 3 is 2.81 bits per heavy atom. The minimum Gasteiger partial charge on any atom is -0.397 e. The summed E-state index contributed by atoms with van der Waals surface area (Å²) < 4.78 is 0. The van der Waals surface area contributed by atoms with Crippen LogP contribution in [0, 0.1) is 0 Å². The van der Waals surface area contributed by atoms with Crippen molar-refractivity contribution in [1.29, 1.82) is 0 Å². The molecule has 1 aromatic rings. The van der Waals surface area contributed by atoms with Gasteiger partial charge in [0, 0.05) is 18.0 Å². The van der Waals surface area contributed by atoms with Crippen LogP contribution in [0.5, 0.6) is 0 Å². The predicted octanol–water partition coefficient (Wildman–Crippen LogP) is 1.19. The molecule has 1 heterocycles. The number of rotatable bonds is 5. The van der Waals surface area contributed by atoms with Crippen molar-refractivity contribution in [2.75, 3.05) is 24.1 Å². The summed E-state index contributed by atoms with van der Waals surface area (Å²) in [5.74, 6) is -0.515. The van der Waals surface area contributed by atoms with Crippen molar-refractivity contribution < 1.29 is 14.4 Å². The summed E-state index contributed by atoms with van der Waals surface area (Å²) in [5, 5.41) is 5.57. The van der Waals surface area contributed by atoms with Crippen molar-refractivity contribution in [3.63, 3.8) is 0 Å². The van der Waals surface area contributed by atoms with Gasteiger partial charge in [-0.25, -0.2) is 4.79 Å². The number of benzene rings is 1. The molecule has 7 nitrogen and oxygen atoms in total. The van der Waals surface area contributed by atoms with Crippen molar-refractivity contribution in [3.05, 3.63) is 23.2 Å². The first-order valence-corrected chi connectivity index (χ1v) is 6.78. The molecule has 4 N–H and O–H groups in total. The van der Waals surface area contributed by atoms with Gasteiger partial charge in [-0.05, 0) is 24.6 Å². The second-order valence-electron chi connectivity index (χ2n) is 4.59. The molecule has 1 saturated heterocycles. The van der Waals surface area contributed by atoms with Crippen molar-refractivity contribution >= 4 is 40.8 Å². The molecular weight excluding hydrogens is 296 g/mol. The molecule has 0 aromatic heterocycles. The van der Waals surface area contributed by atoms with Crippen LogP contribution in [0.3, 0.4) is 0 Å². The highest BCUT2D eigenvalue weighted by Gasteiger charge is 2.27. The van der Waals surface area contributed by atoms with Crippen LogP contribution in [-0.4, -0.2) is 35.8 Å². The fraction of sp³-hybridized carbons (Fsp3) is 0.308. The normalized spacial score (nSPS) is 14.2. The van der Waals surface area contributed by atoms with E-state index in [2.05, 4.69) is 10.6 Å². The maximum atomic E-state index is 11.8. The Balaban J connectivity index is 1.80. The van der Waals surface area contributed by atoms with Crippen molar-refractivity contribution in [2.24, 2.45) is 0 Å². The zero-order chi connectivity index (χ0) is 15.4. The van der Waals surface area contributed by atoms with E-state index >= 15 is 0 Å². The molecule has 0 aliphatic carbocycles. The summed E-state index contributed by atoms with van der Waals surface area (Å²) in [6, 6.07) is 4.38. The molecule has 0 spiro atoms. The lowest BCUT2D eigenvalue weighted by atomic mass is 10.2. The molecule has 4 amide bonds. The Morgan fingerprint density at radius 2 is 2.19 bits per heavy atom. The topological polar surface area (TPSA) is 105 Å². The average Bonchev–Trinajstić information content (AvgIpc) is 2.74. The lowest BCUT2D eigenvalue weighted by Gasteiger charge is -2.12. The van der Waals surface area contributed by atoms with E-state index < -0.39 is 6.03 Å². The number of urea groups is 1. The Labute approximate surface area is 126 Å². The van der Waals surface area contributed by atoms with E-state index in [-0.39, 0.29) is 31.3 Å². The van der Waals surface area contributed by atoms with Crippen LogP contribution in [0.25, 0.3) is 0 Å². The molecule has 1 aliphatic rings. The van der Waals surface area contributed by atoms with Gasteiger partial charge in [-0.2, -0.15) is 0 Å². The number of hydrogen-bond acceptors (Lipinski definition) is 4. The Hall–Kier alpha value is -2.28. The summed E-state index contributed by atoms with van der Waals surface area (Å²) in [4.78, 5) is 35.5. The largest absolute Gasteiger partial charge is 0.397 e. The molecule has 1 fully saturated rings. The van der Waals surface area contributed by atoms with E-state index in [0.717, 1.165) is 4.90 Å². The molecule has 0 atom stereocenters. The lowest BCUT2D eigenvalue weighted by molar-refractivity contribution is -0.125. The molecule has 1 aliphatic heterocycles. The van der Waals surface area contributed by atoms with Crippen LogP contribution in [0.2, 0.25) is 5.02 Å². The maximum absolute atomic E-state index is 11.8. The third-order valence-corrected chi connectivity index (χ3v) is 3.25. The lowest BCUT2D eigenvalue weighted by Crippen LogP contribution is -2.32. The molecule has 112 valence electrons. The first kappa shape index (κ1) is 15.1. The maximum Gasteiger partial charge on any atom is 0.324 e. The smallest absolute Gasteiger partial charge is 0.324 e. The van der Waals surface area contributed by atoms with E-state index in [4.69, 9.17) is 17.3 Å². The Kier molecular flexibility index (Phi) is 4.64. The number of nitrogen functional groups attached to an aromatic ring is 1. The van der Waals surface area contributed by atoms with E-state index in [1.807, 2.05) is 0 Å². The first-order valence-electron chi connectivity index (χ1n) is 6.40. The van der Waals surface area contributed by atoms with Gasteiger partial charge in [0.1, 0.15) is 0 Å². The SMILES string of the molecule is Nc1cc(Cl)ccc1NC(=O)CCCN1C(=O)CNC1=O. The zero-order valence-electron chi connectivity index (χ0n) is 11.2. The first-order chi connectivity index (χ1) is 9.97. The molecule has 21 heavy (non-hydrogen) atoms. The molecule has 2 rings (SSSR count). The van der Waals surface area contributed by atoms with E-state index in [9.17, 15) is 14.4 Å². The number of carbonyl (C=O) groups is 3. The summed E-state index contributed by atoms with van der Waals surface area (Å²) >= 11 is 5.77. The van der Waals surface area contributed by atoms with E-state index in [1.54, 1.807) is 18.2 Å². The van der Waals surface area contributed by atoms with Gasteiger partial charge in [-0.1, -0.05) is 11.6 Å². The number of halogens is 1. The molecule has 0 unspecified atom stereocenters. The summed E-state index contributed by atoms with van der Waals surface area (Å²) in [5.41, 5.74) is 6.59. The van der Waals surface area contributed by atoms with Crippen LogP contribution in [0.4, 0.5) is 16.2 Å². The number of nitrogens with zero attached hydrogens (tertiary/aromatic N) is 1. The number of anilines is 2. The highest BCUT2D eigenvalue weighted by molar-refractivity contribution is 6.31. The Bertz CT molecular complexity index is 575. The van der Waals surface area contributed by atoms with Crippen molar-refractivity contribution in [2.45, 2.75) is 12.8 Å². The molecule has 0 bridgehead atoms. The van der Waals surface area contributed by atoms with Crippen molar-refractivity contribution in [3.8, 4) is 0 Å². The minimum atomic E-state index is -0.414. The van der Waals surface area contributed by atoms with Gasteiger partial charge < -0.3 is 16.4 Å². The van der Waals surface area contributed by atoms with Gasteiger partial charge in [-0.15, -0.1) is 0 Å². The highest BCUT2D eigenvalue weighted by atomic mass is 35.5. The summed E-state index contributed by atoms with van der Waals surface area (Å²) in [6.07, 6.45) is 0.567. The summed E-state index contributed by atoms with van der Waals surface area (Å²) in [7, 11) is 0. The predicted molar refractivity (Wildman–Crippen MR) is 78.8 cm³/mol. The molecule has 0 radical (unpaired) electrons. The fourth-order valence-corrected chi connectivity index (χ4v) is 2.12. The number of hydrogen-bond donors (Lipinski definition) is 3. The molecular formula is C13H15ClN4O3.